The molecule has 0 spiro atoms. The van der Waals surface area contributed by atoms with E-state index in [2.05, 4.69) is 0 Å². The predicted octanol–water partition coefficient (Wildman–Crippen LogP) is 1.43. The van der Waals surface area contributed by atoms with Gasteiger partial charge in [-0.3, -0.25) is 0 Å². The van der Waals surface area contributed by atoms with Crippen LogP contribution in [0, 0.1) is 0 Å². The number of carbonyl (C=O) groups is 1. The fourth-order valence-electron chi connectivity index (χ4n) is 2.52. The molecule has 1 heterocycles. The molecule has 1 aromatic rings. The Morgan fingerprint density at radius 3 is 2.55 bits per heavy atom. The average molecular weight is 310 g/mol. The molecule has 2 unspecified atom stereocenters. The van der Waals surface area contributed by atoms with Crippen molar-refractivity contribution in [3.63, 3.8) is 0 Å². The SMILES string of the molecule is COc1cc2c(cc1N(C)C)OC(C)(C)C(O)C2OC(N)=O. The van der Waals surface area contributed by atoms with Gasteiger partial charge in [0.15, 0.2) is 6.10 Å². The Balaban J connectivity index is 2.60. The van der Waals surface area contributed by atoms with E-state index >= 15 is 0 Å². The molecule has 7 heteroatoms. The number of anilines is 1. The lowest BCUT2D eigenvalue weighted by Crippen LogP contribution is -2.50. The lowest BCUT2D eigenvalue weighted by atomic mass is 9.88. The van der Waals surface area contributed by atoms with E-state index in [-0.39, 0.29) is 0 Å². The molecule has 0 aliphatic carbocycles. The Kier molecular flexibility index (Phi) is 4.10. The monoisotopic (exact) mass is 310 g/mol. The number of hydrogen-bond donors (Lipinski definition) is 2. The third kappa shape index (κ3) is 2.76. The van der Waals surface area contributed by atoms with Gasteiger partial charge in [0.2, 0.25) is 0 Å². The van der Waals surface area contributed by atoms with Gasteiger partial charge in [-0.25, -0.2) is 4.79 Å². The fourth-order valence-corrected chi connectivity index (χ4v) is 2.52. The molecule has 122 valence electrons. The van der Waals surface area contributed by atoms with Crippen molar-refractivity contribution >= 4 is 11.8 Å². The van der Waals surface area contributed by atoms with Crippen LogP contribution < -0.4 is 20.1 Å². The quantitative estimate of drug-likeness (QED) is 0.877. The van der Waals surface area contributed by atoms with Crippen LogP contribution >= 0.6 is 0 Å². The van der Waals surface area contributed by atoms with Crippen molar-refractivity contribution in [1.29, 1.82) is 0 Å². The second-order valence-corrected chi connectivity index (χ2v) is 5.96. The van der Waals surface area contributed by atoms with Gasteiger partial charge in [-0.15, -0.1) is 0 Å². The smallest absolute Gasteiger partial charge is 0.405 e. The summed E-state index contributed by atoms with van der Waals surface area (Å²) in [6, 6.07) is 3.48. The number of rotatable bonds is 3. The van der Waals surface area contributed by atoms with Gasteiger partial charge in [0.1, 0.15) is 23.2 Å². The molecule has 3 N–H and O–H groups in total. The van der Waals surface area contributed by atoms with Crippen LogP contribution in [0.5, 0.6) is 11.5 Å². The van der Waals surface area contributed by atoms with E-state index in [0.29, 0.717) is 17.1 Å². The van der Waals surface area contributed by atoms with Crippen LogP contribution in [0.2, 0.25) is 0 Å². The van der Waals surface area contributed by atoms with Crippen LogP contribution in [0.3, 0.4) is 0 Å². The van der Waals surface area contributed by atoms with Crippen molar-refractivity contribution in [1.82, 2.24) is 0 Å². The van der Waals surface area contributed by atoms with Crippen LogP contribution in [0.4, 0.5) is 10.5 Å². The molecule has 1 aromatic carbocycles. The zero-order chi connectivity index (χ0) is 16.7. The van der Waals surface area contributed by atoms with Gasteiger partial charge in [0.25, 0.3) is 0 Å². The van der Waals surface area contributed by atoms with E-state index in [1.165, 1.54) is 0 Å². The number of carbonyl (C=O) groups excluding carboxylic acids is 1. The molecule has 1 amide bonds. The Morgan fingerprint density at radius 2 is 2.05 bits per heavy atom. The Morgan fingerprint density at radius 1 is 1.41 bits per heavy atom. The highest BCUT2D eigenvalue weighted by atomic mass is 16.6. The van der Waals surface area contributed by atoms with Gasteiger partial charge in [-0.1, -0.05) is 0 Å². The normalized spacial score (nSPS) is 22.3. The summed E-state index contributed by atoms with van der Waals surface area (Å²) in [6.45, 7) is 3.44. The maximum absolute atomic E-state index is 11.2. The van der Waals surface area contributed by atoms with Gasteiger partial charge >= 0.3 is 6.09 Å². The lowest BCUT2D eigenvalue weighted by Gasteiger charge is -2.41. The zero-order valence-electron chi connectivity index (χ0n) is 13.4. The van der Waals surface area contributed by atoms with E-state index in [0.717, 1.165) is 5.69 Å². The fraction of sp³-hybridized carbons (Fsp3) is 0.533. The van der Waals surface area contributed by atoms with Crippen molar-refractivity contribution in [2.75, 3.05) is 26.1 Å². The minimum atomic E-state index is -1.05. The molecular formula is C15H22N2O5. The van der Waals surface area contributed by atoms with Crippen LogP contribution in [-0.4, -0.2) is 44.1 Å². The number of benzene rings is 1. The molecule has 0 aromatic heterocycles. The standard InChI is InChI=1S/C15H22N2O5/c1-15(2)13(18)12(21-14(16)19)8-6-11(20-5)9(17(3)4)7-10(8)22-15/h6-7,12-13,18H,1-5H3,(H2,16,19). The number of methoxy groups -OCH3 is 1. The van der Waals surface area contributed by atoms with E-state index in [4.69, 9.17) is 19.9 Å². The predicted molar refractivity (Wildman–Crippen MR) is 81.4 cm³/mol. The van der Waals surface area contributed by atoms with E-state index in [1.54, 1.807) is 33.1 Å². The van der Waals surface area contributed by atoms with Crippen LogP contribution in [0.15, 0.2) is 12.1 Å². The summed E-state index contributed by atoms with van der Waals surface area (Å²) in [5, 5.41) is 10.4. The second kappa shape index (κ2) is 5.57. The first-order valence-electron chi connectivity index (χ1n) is 6.89. The molecule has 0 saturated heterocycles. The van der Waals surface area contributed by atoms with Crippen molar-refractivity contribution < 1.29 is 24.1 Å². The van der Waals surface area contributed by atoms with E-state index in [9.17, 15) is 9.90 Å². The number of aliphatic hydroxyl groups is 1. The Hall–Kier alpha value is -2.15. The number of nitrogens with zero attached hydrogens (tertiary/aromatic N) is 1. The molecule has 0 bridgehead atoms. The summed E-state index contributed by atoms with van der Waals surface area (Å²) in [6.07, 6.45) is -2.92. The van der Waals surface area contributed by atoms with Crippen molar-refractivity contribution in [3.05, 3.63) is 17.7 Å². The summed E-state index contributed by atoms with van der Waals surface area (Å²) >= 11 is 0. The highest BCUT2D eigenvalue weighted by Crippen LogP contribution is 2.46. The van der Waals surface area contributed by atoms with E-state index < -0.39 is 23.9 Å². The first kappa shape index (κ1) is 16.2. The van der Waals surface area contributed by atoms with Crippen molar-refractivity contribution in [3.8, 4) is 11.5 Å². The Labute approximate surface area is 129 Å². The summed E-state index contributed by atoms with van der Waals surface area (Å²) in [4.78, 5) is 13.1. The average Bonchev–Trinajstić information content (AvgIpc) is 2.42. The number of ether oxygens (including phenoxy) is 3. The number of hydrogen-bond acceptors (Lipinski definition) is 6. The van der Waals surface area contributed by atoms with Gasteiger partial charge in [0, 0.05) is 25.7 Å². The first-order valence-corrected chi connectivity index (χ1v) is 6.89. The molecule has 1 aliphatic rings. The minimum Gasteiger partial charge on any atom is -0.495 e. The second-order valence-electron chi connectivity index (χ2n) is 5.96. The Bertz CT molecular complexity index is 586. The molecule has 22 heavy (non-hydrogen) atoms. The summed E-state index contributed by atoms with van der Waals surface area (Å²) < 4.78 is 16.3. The molecule has 0 saturated carbocycles. The van der Waals surface area contributed by atoms with Crippen LogP contribution in [0.25, 0.3) is 0 Å². The number of primary amides is 1. The lowest BCUT2D eigenvalue weighted by molar-refractivity contribution is -0.112. The highest BCUT2D eigenvalue weighted by Gasteiger charge is 2.45. The molecule has 7 nitrogen and oxygen atoms in total. The van der Waals surface area contributed by atoms with Crippen molar-refractivity contribution in [2.24, 2.45) is 5.73 Å². The molecule has 0 fully saturated rings. The number of nitrogens with two attached hydrogens (primary N) is 1. The molecule has 2 atom stereocenters. The summed E-state index contributed by atoms with van der Waals surface area (Å²) in [7, 11) is 5.30. The van der Waals surface area contributed by atoms with Gasteiger partial charge < -0.3 is 30.0 Å². The van der Waals surface area contributed by atoms with E-state index in [1.807, 2.05) is 19.0 Å². The van der Waals surface area contributed by atoms with Gasteiger partial charge in [-0.05, 0) is 19.9 Å². The van der Waals surface area contributed by atoms with Gasteiger partial charge in [-0.2, -0.15) is 0 Å². The number of fused-ring (bicyclic) bond motifs is 1. The number of amides is 1. The van der Waals surface area contributed by atoms with Crippen LogP contribution in [0.1, 0.15) is 25.5 Å². The summed E-state index contributed by atoms with van der Waals surface area (Å²) in [5.41, 5.74) is 5.53. The third-order valence-electron chi connectivity index (χ3n) is 3.71. The first-order chi connectivity index (χ1) is 10.2. The van der Waals surface area contributed by atoms with Crippen molar-refractivity contribution in [2.45, 2.75) is 31.7 Å². The third-order valence-corrected chi connectivity index (χ3v) is 3.71. The molecule has 1 aliphatic heterocycles. The molecular weight excluding hydrogens is 288 g/mol. The zero-order valence-corrected chi connectivity index (χ0v) is 13.4. The largest absolute Gasteiger partial charge is 0.495 e. The number of aliphatic hydroxyl groups excluding tert-OH is 1. The highest BCUT2D eigenvalue weighted by molar-refractivity contribution is 5.67. The molecule has 2 rings (SSSR count). The van der Waals surface area contributed by atoms with Gasteiger partial charge in [0.05, 0.1) is 12.8 Å². The minimum absolute atomic E-state index is 0.519. The van der Waals surface area contributed by atoms with Crippen LogP contribution in [-0.2, 0) is 4.74 Å². The maximum atomic E-state index is 11.2. The maximum Gasteiger partial charge on any atom is 0.405 e. The summed E-state index contributed by atoms with van der Waals surface area (Å²) in [5.74, 6) is 1.10. The molecule has 0 radical (unpaired) electrons. The topological polar surface area (TPSA) is 94.2 Å².